The standard InChI is InChI=1S/C23H23BrN2O3S/c24-15-6-8-16-13(9-15)5-7-18(16)19(12-30)22(27)26-21(23(28)29)10-14-11-25-20-4-2-1-3-17(14)20/h1-4,6,8-9,11,18-19,21,25,30H,5,7,10,12H2,(H,26,27)(H,28,29)/t18-,19+,21-/m0/s1. The number of rotatable bonds is 7. The van der Waals surface area contributed by atoms with Gasteiger partial charge in [0.05, 0.1) is 5.92 Å². The van der Waals surface area contributed by atoms with Gasteiger partial charge in [0.15, 0.2) is 0 Å². The van der Waals surface area contributed by atoms with Crippen LogP contribution in [-0.4, -0.2) is 33.8 Å². The van der Waals surface area contributed by atoms with Crippen LogP contribution in [0.1, 0.15) is 29.0 Å². The summed E-state index contributed by atoms with van der Waals surface area (Å²) < 4.78 is 1.03. The average Bonchev–Trinajstić information content (AvgIpc) is 3.32. The molecule has 156 valence electrons. The van der Waals surface area contributed by atoms with E-state index in [1.165, 1.54) is 5.56 Å². The van der Waals surface area contributed by atoms with E-state index >= 15 is 0 Å². The molecule has 3 atom stereocenters. The van der Waals surface area contributed by atoms with Crippen LogP contribution in [0, 0.1) is 5.92 Å². The van der Waals surface area contributed by atoms with Gasteiger partial charge >= 0.3 is 5.97 Å². The maximum absolute atomic E-state index is 13.1. The van der Waals surface area contributed by atoms with Crippen LogP contribution < -0.4 is 5.32 Å². The molecule has 0 saturated heterocycles. The van der Waals surface area contributed by atoms with Gasteiger partial charge in [0.1, 0.15) is 6.04 Å². The van der Waals surface area contributed by atoms with Gasteiger partial charge in [-0.05, 0) is 53.6 Å². The largest absolute Gasteiger partial charge is 0.480 e. The molecule has 0 radical (unpaired) electrons. The van der Waals surface area contributed by atoms with E-state index < -0.39 is 12.0 Å². The van der Waals surface area contributed by atoms with Crippen LogP contribution in [0.3, 0.4) is 0 Å². The summed E-state index contributed by atoms with van der Waals surface area (Å²) in [6.45, 7) is 0. The minimum Gasteiger partial charge on any atom is -0.480 e. The van der Waals surface area contributed by atoms with E-state index in [0.717, 1.165) is 39.3 Å². The number of carbonyl (C=O) groups excluding carboxylic acids is 1. The van der Waals surface area contributed by atoms with Gasteiger partial charge in [0.2, 0.25) is 5.91 Å². The molecular formula is C23H23BrN2O3S. The summed E-state index contributed by atoms with van der Waals surface area (Å²) in [6.07, 6.45) is 3.81. The molecule has 1 aliphatic rings. The predicted molar refractivity (Wildman–Crippen MR) is 124 cm³/mol. The van der Waals surface area contributed by atoms with Crippen molar-refractivity contribution in [1.29, 1.82) is 0 Å². The molecule has 0 aliphatic heterocycles. The van der Waals surface area contributed by atoms with Crippen LogP contribution in [0.4, 0.5) is 0 Å². The Morgan fingerprint density at radius 1 is 1.27 bits per heavy atom. The second-order valence-electron chi connectivity index (χ2n) is 7.74. The maximum atomic E-state index is 13.1. The van der Waals surface area contributed by atoms with E-state index in [9.17, 15) is 14.7 Å². The van der Waals surface area contributed by atoms with Crippen molar-refractivity contribution in [2.45, 2.75) is 31.2 Å². The zero-order chi connectivity index (χ0) is 21.3. The Morgan fingerprint density at radius 2 is 2.07 bits per heavy atom. The molecule has 1 heterocycles. The molecule has 0 saturated carbocycles. The second kappa shape index (κ2) is 8.86. The molecule has 0 bridgehead atoms. The van der Waals surface area contributed by atoms with E-state index in [2.05, 4.69) is 51.0 Å². The summed E-state index contributed by atoms with van der Waals surface area (Å²) in [4.78, 5) is 28.2. The van der Waals surface area contributed by atoms with E-state index in [1.54, 1.807) is 0 Å². The monoisotopic (exact) mass is 486 g/mol. The molecule has 0 spiro atoms. The number of hydrogen-bond acceptors (Lipinski definition) is 3. The molecule has 0 unspecified atom stereocenters. The SMILES string of the molecule is O=C(O)[C@H](Cc1c[nH]c2ccccc12)NC(=O)[C@H](CS)[C@H]1CCc2cc(Br)ccc21. The van der Waals surface area contributed by atoms with Gasteiger partial charge in [0, 0.05) is 33.7 Å². The molecule has 30 heavy (non-hydrogen) atoms. The number of para-hydroxylation sites is 1. The van der Waals surface area contributed by atoms with Crippen molar-refractivity contribution in [2.24, 2.45) is 5.92 Å². The number of H-pyrrole nitrogens is 1. The fourth-order valence-electron chi connectivity index (χ4n) is 4.43. The second-order valence-corrected chi connectivity index (χ2v) is 9.02. The minimum absolute atomic E-state index is 0.0492. The van der Waals surface area contributed by atoms with Crippen LogP contribution in [0.25, 0.3) is 10.9 Å². The lowest BCUT2D eigenvalue weighted by Gasteiger charge is -2.24. The molecule has 1 amide bonds. The van der Waals surface area contributed by atoms with E-state index in [-0.39, 0.29) is 24.2 Å². The number of carbonyl (C=O) groups is 2. The Bertz CT molecular complexity index is 1100. The number of aromatic nitrogens is 1. The third kappa shape index (κ3) is 4.14. The highest BCUT2D eigenvalue weighted by atomic mass is 79.9. The summed E-state index contributed by atoms with van der Waals surface area (Å²) in [5, 5.41) is 13.5. The van der Waals surface area contributed by atoms with Gasteiger partial charge in [-0.3, -0.25) is 4.79 Å². The highest BCUT2D eigenvalue weighted by Gasteiger charge is 2.35. The number of benzene rings is 2. The van der Waals surface area contributed by atoms with E-state index in [0.29, 0.717) is 5.75 Å². The van der Waals surface area contributed by atoms with Crippen LogP contribution in [0.15, 0.2) is 53.1 Å². The maximum Gasteiger partial charge on any atom is 0.326 e. The van der Waals surface area contributed by atoms with Crippen molar-refractivity contribution in [3.05, 3.63) is 69.8 Å². The van der Waals surface area contributed by atoms with Gasteiger partial charge in [0.25, 0.3) is 0 Å². The number of carboxylic acids is 1. The minimum atomic E-state index is -1.04. The van der Waals surface area contributed by atoms with Crippen LogP contribution in [0.5, 0.6) is 0 Å². The summed E-state index contributed by atoms with van der Waals surface area (Å²) in [5.41, 5.74) is 4.22. The van der Waals surface area contributed by atoms with Crippen molar-refractivity contribution in [2.75, 3.05) is 5.75 Å². The molecule has 1 aromatic heterocycles. The van der Waals surface area contributed by atoms with Crippen molar-refractivity contribution in [3.8, 4) is 0 Å². The lowest BCUT2D eigenvalue weighted by Crippen LogP contribution is -2.46. The summed E-state index contributed by atoms with van der Waals surface area (Å²) >= 11 is 7.93. The molecule has 3 N–H and O–H groups in total. The van der Waals surface area contributed by atoms with Gasteiger partial charge in [-0.2, -0.15) is 12.6 Å². The summed E-state index contributed by atoms with van der Waals surface area (Å²) in [7, 11) is 0. The summed E-state index contributed by atoms with van der Waals surface area (Å²) in [5.74, 6) is -1.25. The van der Waals surface area contributed by atoms with Crippen molar-refractivity contribution in [1.82, 2.24) is 10.3 Å². The van der Waals surface area contributed by atoms with Crippen LogP contribution in [0.2, 0.25) is 0 Å². The van der Waals surface area contributed by atoms with E-state index in [4.69, 9.17) is 0 Å². The first-order valence-electron chi connectivity index (χ1n) is 9.95. The lowest BCUT2D eigenvalue weighted by molar-refractivity contribution is -0.142. The smallest absolute Gasteiger partial charge is 0.326 e. The normalized spacial score (nSPS) is 17.5. The molecular weight excluding hydrogens is 464 g/mol. The van der Waals surface area contributed by atoms with Crippen molar-refractivity contribution < 1.29 is 14.7 Å². The third-order valence-electron chi connectivity index (χ3n) is 5.96. The average molecular weight is 487 g/mol. The fraction of sp³-hybridized carbons (Fsp3) is 0.304. The Labute approximate surface area is 188 Å². The predicted octanol–water partition coefficient (Wildman–Crippen LogP) is 4.32. The quantitative estimate of drug-likeness (QED) is 0.375. The number of amides is 1. The Morgan fingerprint density at radius 3 is 2.83 bits per heavy atom. The molecule has 4 rings (SSSR count). The Kier molecular flexibility index (Phi) is 6.20. The van der Waals surface area contributed by atoms with Crippen molar-refractivity contribution in [3.63, 3.8) is 0 Å². The van der Waals surface area contributed by atoms with Gasteiger partial charge in [-0.15, -0.1) is 0 Å². The number of halogens is 1. The number of carboxylic acid groups (broad SMARTS) is 1. The molecule has 3 aromatic rings. The number of thiol groups is 1. The van der Waals surface area contributed by atoms with E-state index in [1.807, 2.05) is 36.5 Å². The first-order chi connectivity index (χ1) is 14.5. The highest BCUT2D eigenvalue weighted by molar-refractivity contribution is 9.10. The number of hydrogen-bond donors (Lipinski definition) is 4. The lowest BCUT2D eigenvalue weighted by atomic mass is 9.87. The first kappa shape index (κ1) is 21.0. The number of aromatic amines is 1. The zero-order valence-electron chi connectivity index (χ0n) is 16.3. The van der Waals surface area contributed by atoms with Crippen LogP contribution in [-0.2, 0) is 22.4 Å². The molecule has 7 heteroatoms. The number of fused-ring (bicyclic) bond motifs is 2. The molecule has 2 aromatic carbocycles. The van der Waals surface area contributed by atoms with Gasteiger partial charge in [-0.1, -0.05) is 40.2 Å². The zero-order valence-corrected chi connectivity index (χ0v) is 18.7. The Balaban J connectivity index is 1.52. The molecule has 5 nitrogen and oxygen atoms in total. The van der Waals surface area contributed by atoms with Crippen LogP contribution >= 0.6 is 28.6 Å². The Hall–Kier alpha value is -2.25. The van der Waals surface area contributed by atoms with Gasteiger partial charge in [-0.25, -0.2) is 4.79 Å². The number of nitrogens with one attached hydrogen (secondary N) is 2. The van der Waals surface area contributed by atoms with Gasteiger partial charge < -0.3 is 15.4 Å². The highest BCUT2D eigenvalue weighted by Crippen LogP contribution is 2.40. The molecule has 0 fully saturated rings. The van der Waals surface area contributed by atoms with Crippen molar-refractivity contribution >= 4 is 51.3 Å². The first-order valence-corrected chi connectivity index (χ1v) is 11.4. The number of aliphatic carboxylic acids is 1. The number of aryl methyl sites for hydroxylation is 1. The third-order valence-corrected chi connectivity index (χ3v) is 6.85. The fourth-order valence-corrected chi connectivity index (χ4v) is 5.26. The molecule has 1 aliphatic carbocycles. The summed E-state index contributed by atoms with van der Waals surface area (Å²) in [6, 6.07) is 12.9. The topological polar surface area (TPSA) is 82.2 Å².